The summed E-state index contributed by atoms with van der Waals surface area (Å²) in [7, 11) is 0.943. The van der Waals surface area contributed by atoms with E-state index in [1.165, 1.54) is 0 Å². The third-order valence-electron chi connectivity index (χ3n) is 2.93. The smallest absolute Gasteiger partial charge is 0.339 e. The van der Waals surface area contributed by atoms with E-state index in [2.05, 4.69) is 0 Å². The Bertz CT molecular complexity index is 656. The van der Waals surface area contributed by atoms with E-state index in [4.69, 9.17) is 31.8 Å². The Morgan fingerprint density at radius 2 is 2.19 bits per heavy atom. The molecule has 0 amide bonds. The summed E-state index contributed by atoms with van der Waals surface area (Å²) in [4.78, 5) is 11.3. The molecule has 0 aromatic heterocycles. The second-order valence-corrected chi connectivity index (χ2v) is 7.38. The highest BCUT2D eigenvalue weighted by atomic mass is 35.7. The van der Waals surface area contributed by atoms with Gasteiger partial charge in [0.25, 0.3) is 9.05 Å². The third-order valence-corrected chi connectivity index (χ3v) is 4.64. The molecular formula is C12H11Cl2FO5S. The first-order chi connectivity index (χ1) is 9.79. The van der Waals surface area contributed by atoms with Crippen LogP contribution in [0.1, 0.15) is 23.2 Å². The predicted octanol–water partition coefficient (Wildman–Crippen LogP) is 2.74. The van der Waals surface area contributed by atoms with Crippen LogP contribution in [0.25, 0.3) is 0 Å². The van der Waals surface area contributed by atoms with Gasteiger partial charge in [-0.05, 0) is 25.0 Å². The average molecular weight is 357 g/mol. The zero-order chi connectivity index (χ0) is 15.6. The quantitative estimate of drug-likeness (QED) is 0.612. The summed E-state index contributed by atoms with van der Waals surface area (Å²) in [6.07, 6.45) is 1.42. The summed E-state index contributed by atoms with van der Waals surface area (Å²) >= 11 is 5.66. The van der Waals surface area contributed by atoms with Crippen LogP contribution in [-0.4, -0.2) is 33.7 Å². The Kier molecular flexibility index (Phi) is 5.08. The maximum Gasteiger partial charge on any atom is 0.339 e. The molecular weight excluding hydrogens is 346 g/mol. The van der Waals surface area contributed by atoms with Crippen molar-refractivity contribution in [3.05, 3.63) is 28.5 Å². The monoisotopic (exact) mass is 356 g/mol. The Balaban J connectivity index is 2.21. The van der Waals surface area contributed by atoms with E-state index in [0.29, 0.717) is 12.7 Å². The molecule has 1 aromatic carbocycles. The van der Waals surface area contributed by atoms with E-state index >= 15 is 0 Å². The lowest BCUT2D eigenvalue weighted by molar-refractivity contribution is 0.0161. The standard InChI is InChI=1S/C12H11Cl2FO5S/c13-11-9(4-8(5-10(11)15)21(14,17)18)12(16)20-6-7-2-1-3-19-7/h4-5,7H,1-3,6H2. The molecule has 0 radical (unpaired) electrons. The molecule has 5 nitrogen and oxygen atoms in total. The Hall–Kier alpha value is -0.890. The van der Waals surface area contributed by atoms with Crippen molar-refractivity contribution >= 4 is 37.3 Å². The van der Waals surface area contributed by atoms with Gasteiger partial charge in [0.15, 0.2) is 0 Å². The van der Waals surface area contributed by atoms with Gasteiger partial charge in [-0.25, -0.2) is 17.6 Å². The molecule has 1 fully saturated rings. The number of carbonyl (C=O) groups excluding carboxylic acids is 1. The van der Waals surface area contributed by atoms with Crippen LogP contribution in [0.3, 0.4) is 0 Å². The molecule has 1 aliphatic heterocycles. The first kappa shape index (κ1) is 16.5. The van der Waals surface area contributed by atoms with Crippen molar-refractivity contribution in [1.82, 2.24) is 0 Å². The van der Waals surface area contributed by atoms with Crippen LogP contribution in [0.15, 0.2) is 17.0 Å². The number of halogens is 3. The molecule has 2 rings (SSSR count). The van der Waals surface area contributed by atoms with E-state index in [0.717, 1.165) is 18.9 Å². The van der Waals surface area contributed by atoms with Crippen molar-refractivity contribution in [2.24, 2.45) is 0 Å². The lowest BCUT2D eigenvalue weighted by Gasteiger charge is -2.11. The van der Waals surface area contributed by atoms with Crippen LogP contribution in [0.2, 0.25) is 5.02 Å². The predicted molar refractivity (Wildman–Crippen MR) is 73.7 cm³/mol. The molecule has 0 saturated carbocycles. The van der Waals surface area contributed by atoms with Crippen molar-refractivity contribution in [3.8, 4) is 0 Å². The lowest BCUT2D eigenvalue weighted by atomic mass is 10.2. The molecule has 1 aromatic rings. The fourth-order valence-electron chi connectivity index (χ4n) is 1.88. The van der Waals surface area contributed by atoms with Crippen LogP contribution in [-0.2, 0) is 18.5 Å². The summed E-state index contributed by atoms with van der Waals surface area (Å²) in [5, 5.41) is -0.517. The Morgan fingerprint density at radius 1 is 1.48 bits per heavy atom. The molecule has 1 aliphatic rings. The summed E-state index contributed by atoms with van der Waals surface area (Å²) in [6, 6.07) is 1.52. The minimum absolute atomic E-state index is 0.00532. The van der Waals surface area contributed by atoms with Gasteiger partial charge in [0.2, 0.25) is 0 Å². The van der Waals surface area contributed by atoms with Gasteiger partial charge in [0, 0.05) is 17.3 Å². The Labute approximate surface area is 130 Å². The lowest BCUT2D eigenvalue weighted by Crippen LogP contribution is -2.18. The zero-order valence-electron chi connectivity index (χ0n) is 10.6. The number of esters is 1. The molecule has 9 heteroatoms. The molecule has 1 unspecified atom stereocenters. The van der Waals surface area contributed by atoms with E-state index in [-0.39, 0.29) is 12.7 Å². The average Bonchev–Trinajstić information content (AvgIpc) is 2.91. The minimum Gasteiger partial charge on any atom is -0.459 e. The highest BCUT2D eigenvalue weighted by Crippen LogP contribution is 2.27. The fraction of sp³-hybridized carbons (Fsp3) is 0.417. The summed E-state index contributed by atoms with van der Waals surface area (Å²) in [5.41, 5.74) is -0.395. The van der Waals surface area contributed by atoms with Gasteiger partial charge in [0.05, 0.1) is 21.6 Å². The summed E-state index contributed by atoms with van der Waals surface area (Å²) in [5.74, 6) is -2.00. The molecule has 0 aliphatic carbocycles. The molecule has 0 bridgehead atoms. The largest absolute Gasteiger partial charge is 0.459 e. The summed E-state index contributed by atoms with van der Waals surface area (Å²) < 4.78 is 46.3. The van der Waals surface area contributed by atoms with Crippen molar-refractivity contribution < 1.29 is 27.1 Å². The molecule has 1 saturated heterocycles. The van der Waals surface area contributed by atoms with Crippen LogP contribution in [0, 0.1) is 5.82 Å². The molecule has 1 heterocycles. The van der Waals surface area contributed by atoms with Gasteiger partial charge in [-0.1, -0.05) is 11.6 Å². The van der Waals surface area contributed by atoms with Crippen LogP contribution >= 0.6 is 22.3 Å². The van der Waals surface area contributed by atoms with E-state index in [1.54, 1.807) is 0 Å². The van der Waals surface area contributed by atoms with E-state index in [9.17, 15) is 17.6 Å². The van der Waals surface area contributed by atoms with Gasteiger partial charge in [-0.3, -0.25) is 0 Å². The van der Waals surface area contributed by atoms with Gasteiger partial charge in [0.1, 0.15) is 12.4 Å². The maximum absolute atomic E-state index is 13.6. The normalized spacial score (nSPS) is 18.7. The minimum atomic E-state index is -4.19. The third kappa shape index (κ3) is 4.06. The number of benzene rings is 1. The van der Waals surface area contributed by atoms with Gasteiger partial charge in [-0.15, -0.1) is 0 Å². The zero-order valence-corrected chi connectivity index (χ0v) is 13.0. The number of hydrogen-bond donors (Lipinski definition) is 0. The van der Waals surface area contributed by atoms with E-state index in [1.807, 2.05) is 0 Å². The number of carbonyl (C=O) groups is 1. The molecule has 21 heavy (non-hydrogen) atoms. The van der Waals surface area contributed by atoms with Crippen LogP contribution in [0.5, 0.6) is 0 Å². The van der Waals surface area contributed by atoms with Crippen LogP contribution in [0.4, 0.5) is 4.39 Å². The first-order valence-corrected chi connectivity index (χ1v) is 8.70. The van der Waals surface area contributed by atoms with Crippen molar-refractivity contribution in [2.75, 3.05) is 13.2 Å². The van der Waals surface area contributed by atoms with Gasteiger partial charge in [-0.2, -0.15) is 0 Å². The highest BCUT2D eigenvalue weighted by molar-refractivity contribution is 8.13. The number of ether oxygens (including phenoxy) is 2. The maximum atomic E-state index is 13.6. The summed E-state index contributed by atoms with van der Waals surface area (Å²) in [6.45, 7) is 0.589. The molecule has 1 atom stereocenters. The molecule has 116 valence electrons. The Morgan fingerprint density at radius 3 is 2.76 bits per heavy atom. The van der Waals surface area contributed by atoms with E-state index < -0.39 is 36.3 Å². The highest BCUT2D eigenvalue weighted by Gasteiger charge is 2.23. The topological polar surface area (TPSA) is 69.7 Å². The molecule has 0 N–H and O–H groups in total. The van der Waals surface area contributed by atoms with Crippen molar-refractivity contribution in [3.63, 3.8) is 0 Å². The SMILES string of the molecule is O=C(OCC1CCCO1)c1cc(S(=O)(=O)Cl)cc(F)c1Cl. The second kappa shape index (κ2) is 6.48. The molecule has 0 spiro atoms. The number of hydrogen-bond acceptors (Lipinski definition) is 5. The fourth-order valence-corrected chi connectivity index (χ4v) is 2.83. The number of rotatable bonds is 4. The first-order valence-electron chi connectivity index (χ1n) is 6.01. The van der Waals surface area contributed by atoms with Crippen LogP contribution < -0.4 is 0 Å². The second-order valence-electron chi connectivity index (χ2n) is 4.44. The van der Waals surface area contributed by atoms with Gasteiger partial charge >= 0.3 is 5.97 Å². The van der Waals surface area contributed by atoms with Gasteiger partial charge < -0.3 is 9.47 Å². The van der Waals surface area contributed by atoms with Crippen molar-refractivity contribution in [2.45, 2.75) is 23.8 Å². The van der Waals surface area contributed by atoms with Crippen molar-refractivity contribution in [1.29, 1.82) is 0 Å².